The molecule has 3 rings (SSSR count). The lowest BCUT2D eigenvalue weighted by Gasteiger charge is -2.32. The van der Waals surface area contributed by atoms with Crippen LogP contribution in [0.25, 0.3) is 0 Å². The van der Waals surface area contributed by atoms with Crippen molar-refractivity contribution in [1.29, 1.82) is 0 Å². The number of rotatable bonds is 4. The fourth-order valence-electron chi connectivity index (χ4n) is 2.88. The SMILES string of the molecule is CNC(=O)c1ccn(C2CCCN(Cc3cn(C)nn3)C2)n1. The molecule has 8 heteroatoms. The second-order valence-corrected chi connectivity index (χ2v) is 5.67. The molecule has 1 unspecified atom stereocenters. The Morgan fingerprint density at radius 1 is 1.50 bits per heavy atom. The smallest absolute Gasteiger partial charge is 0.271 e. The van der Waals surface area contributed by atoms with Gasteiger partial charge in [-0.25, -0.2) is 0 Å². The third kappa shape index (κ3) is 3.16. The van der Waals surface area contributed by atoms with Gasteiger partial charge in [0.1, 0.15) is 5.69 Å². The molecule has 1 amide bonds. The van der Waals surface area contributed by atoms with Gasteiger partial charge in [0.25, 0.3) is 5.91 Å². The number of carbonyl (C=O) groups is 1. The van der Waals surface area contributed by atoms with Gasteiger partial charge in [0.2, 0.25) is 0 Å². The highest BCUT2D eigenvalue weighted by molar-refractivity contribution is 5.91. The highest BCUT2D eigenvalue weighted by Gasteiger charge is 2.23. The molecule has 1 atom stereocenters. The van der Waals surface area contributed by atoms with Crippen LogP contribution in [0.2, 0.25) is 0 Å². The lowest BCUT2D eigenvalue weighted by atomic mass is 10.1. The van der Waals surface area contributed by atoms with E-state index in [9.17, 15) is 4.79 Å². The molecule has 1 aliphatic heterocycles. The van der Waals surface area contributed by atoms with Crippen LogP contribution in [0.1, 0.15) is 35.1 Å². The van der Waals surface area contributed by atoms with Crippen LogP contribution >= 0.6 is 0 Å². The molecule has 2 aromatic heterocycles. The van der Waals surface area contributed by atoms with Gasteiger partial charge in [-0.2, -0.15) is 5.10 Å². The predicted octanol–water partition coefficient (Wildman–Crippen LogP) is 0.208. The Morgan fingerprint density at radius 2 is 2.36 bits per heavy atom. The molecule has 1 aliphatic rings. The van der Waals surface area contributed by atoms with Gasteiger partial charge in [-0.05, 0) is 25.5 Å². The lowest BCUT2D eigenvalue weighted by Crippen LogP contribution is -2.36. The summed E-state index contributed by atoms with van der Waals surface area (Å²) in [4.78, 5) is 14.0. The molecule has 1 fully saturated rings. The van der Waals surface area contributed by atoms with Gasteiger partial charge in [0, 0.05) is 39.6 Å². The van der Waals surface area contributed by atoms with E-state index in [0.29, 0.717) is 11.7 Å². The second kappa shape index (κ2) is 6.27. The molecular weight excluding hydrogens is 282 g/mol. The van der Waals surface area contributed by atoms with Crippen LogP contribution in [0.15, 0.2) is 18.5 Å². The Labute approximate surface area is 129 Å². The van der Waals surface area contributed by atoms with Crippen LogP contribution in [0, 0.1) is 0 Å². The Kier molecular flexibility index (Phi) is 4.19. The predicted molar refractivity (Wildman–Crippen MR) is 80.2 cm³/mol. The summed E-state index contributed by atoms with van der Waals surface area (Å²) in [7, 11) is 3.49. The van der Waals surface area contributed by atoms with Crippen molar-refractivity contribution in [2.45, 2.75) is 25.4 Å². The highest BCUT2D eigenvalue weighted by Crippen LogP contribution is 2.22. The first-order chi connectivity index (χ1) is 10.7. The molecule has 2 aromatic rings. The van der Waals surface area contributed by atoms with Gasteiger partial charge < -0.3 is 5.32 Å². The third-order valence-electron chi connectivity index (χ3n) is 3.96. The molecule has 0 aliphatic carbocycles. The Balaban J connectivity index is 1.65. The largest absolute Gasteiger partial charge is 0.354 e. The summed E-state index contributed by atoms with van der Waals surface area (Å²) in [5.41, 5.74) is 1.45. The van der Waals surface area contributed by atoms with E-state index in [1.54, 1.807) is 17.8 Å². The molecule has 1 N–H and O–H groups in total. The molecule has 0 saturated carbocycles. The van der Waals surface area contributed by atoms with E-state index in [0.717, 1.165) is 38.2 Å². The quantitative estimate of drug-likeness (QED) is 0.873. The number of amides is 1. The van der Waals surface area contributed by atoms with E-state index >= 15 is 0 Å². The van der Waals surface area contributed by atoms with E-state index in [-0.39, 0.29) is 5.91 Å². The van der Waals surface area contributed by atoms with Crippen LogP contribution in [-0.4, -0.2) is 55.7 Å². The topological polar surface area (TPSA) is 80.9 Å². The highest BCUT2D eigenvalue weighted by atomic mass is 16.1. The maximum Gasteiger partial charge on any atom is 0.271 e. The van der Waals surface area contributed by atoms with Crippen LogP contribution in [-0.2, 0) is 13.6 Å². The number of carbonyl (C=O) groups excluding carboxylic acids is 1. The standard InChI is InChI=1S/C14H21N7O/c1-15-14(22)13-5-7-21(17-13)12-4-3-6-20(10-12)9-11-8-19(2)18-16-11/h5,7-8,12H,3-4,6,9-10H2,1-2H3,(H,15,22). The first-order valence-corrected chi connectivity index (χ1v) is 7.50. The molecular formula is C14H21N7O. The van der Waals surface area contributed by atoms with E-state index in [4.69, 9.17) is 0 Å². The van der Waals surface area contributed by atoms with E-state index in [1.165, 1.54) is 0 Å². The van der Waals surface area contributed by atoms with Crippen molar-refractivity contribution in [3.63, 3.8) is 0 Å². The summed E-state index contributed by atoms with van der Waals surface area (Å²) in [6, 6.07) is 2.06. The van der Waals surface area contributed by atoms with Gasteiger partial charge in [0.15, 0.2) is 0 Å². The zero-order chi connectivity index (χ0) is 15.5. The monoisotopic (exact) mass is 303 g/mol. The Morgan fingerprint density at radius 3 is 3.09 bits per heavy atom. The van der Waals surface area contributed by atoms with Crippen molar-refractivity contribution in [1.82, 2.24) is 35.0 Å². The van der Waals surface area contributed by atoms with Crippen molar-refractivity contribution in [2.24, 2.45) is 7.05 Å². The molecule has 118 valence electrons. The molecule has 0 spiro atoms. The average molecular weight is 303 g/mol. The third-order valence-corrected chi connectivity index (χ3v) is 3.96. The van der Waals surface area contributed by atoms with Crippen molar-refractivity contribution >= 4 is 5.91 Å². The number of aryl methyl sites for hydroxylation is 1. The van der Waals surface area contributed by atoms with Crippen molar-refractivity contribution in [3.05, 3.63) is 29.8 Å². The Hall–Kier alpha value is -2.22. The minimum absolute atomic E-state index is 0.147. The minimum Gasteiger partial charge on any atom is -0.354 e. The molecule has 22 heavy (non-hydrogen) atoms. The van der Waals surface area contributed by atoms with Crippen molar-refractivity contribution in [3.8, 4) is 0 Å². The molecule has 3 heterocycles. The van der Waals surface area contributed by atoms with Gasteiger partial charge in [-0.1, -0.05) is 5.21 Å². The first kappa shape index (κ1) is 14.7. The fraction of sp³-hybridized carbons (Fsp3) is 0.571. The zero-order valence-corrected chi connectivity index (χ0v) is 12.9. The summed E-state index contributed by atoms with van der Waals surface area (Å²) in [6.45, 7) is 2.76. The number of hydrogen-bond donors (Lipinski definition) is 1. The number of hydrogen-bond acceptors (Lipinski definition) is 5. The summed E-state index contributed by atoms with van der Waals surface area (Å²) in [5.74, 6) is -0.147. The maximum absolute atomic E-state index is 11.6. The number of nitrogens with zero attached hydrogens (tertiary/aromatic N) is 6. The fourth-order valence-corrected chi connectivity index (χ4v) is 2.88. The minimum atomic E-state index is -0.147. The van der Waals surface area contributed by atoms with Gasteiger partial charge in [0.05, 0.1) is 11.7 Å². The normalized spacial score (nSPS) is 19.3. The van der Waals surface area contributed by atoms with E-state index in [2.05, 4.69) is 25.6 Å². The number of aromatic nitrogens is 5. The molecule has 0 aromatic carbocycles. The van der Waals surface area contributed by atoms with Crippen molar-refractivity contribution in [2.75, 3.05) is 20.1 Å². The number of nitrogens with one attached hydrogen (secondary N) is 1. The summed E-state index contributed by atoms with van der Waals surface area (Å²) >= 11 is 0. The van der Waals surface area contributed by atoms with Crippen LogP contribution < -0.4 is 5.32 Å². The summed E-state index contributed by atoms with van der Waals surface area (Å²) in [5, 5.41) is 15.1. The summed E-state index contributed by atoms with van der Waals surface area (Å²) in [6.07, 6.45) is 6.02. The zero-order valence-electron chi connectivity index (χ0n) is 12.9. The van der Waals surface area contributed by atoms with Crippen LogP contribution in [0.5, 0.6) is 0 Å². The van der Waals surface area contributed by atoms with Gasteiger partial charge >= 0.3 is 0 Å². The second-order valence-electron chi connectivity index (χ2n) is 5.67. The number of likely N-dealkylation sites (tertiary alicyclic amines) is 1. The van der Waals surface area contributed by atoms with E-state index < -0.39 is 0 Å². The van der Waals surface area contributed by atoms with E-state index in [1.807, 2.05) is 24.1 Å². The van der Waals surface area contributed by atoms with Gasteiger partial charge in [-0.15, -0.1) is 5.10 Å². The number of piperidine rings is 1. The molecule has 0 radical (unpaired) electrons. The molecule has 0 bridgehead atoms. The van der Waals surface area contributed by atoms with Crippen LogP contribution in [0.3, 0.4) is 0 Å². The molecule has 1 saturated heterocycles. The first-order valence-electron chi connectivity index (χ1n) is 7.50. The van der Waals surface area contributed by atoms with Crippen LogP contribution in [0.4, 0.5) is 0 Å². The summed E-state index contributed by atoms with van der Waals surface area (Å²) < 4.78 is 3.63. The van der Waals surface area contributed by atoms with Gasteiger partial charge in [-0.3, -0.25) is 19.1 Å². The molecule has 8 nitrogen and oxygen atoms in total. The lowest BCUT2D eigenvalue weighted by molar-refractivity contribution is 0.0955. The Bertz CT molecular complexity index is 647. The average Bonchev–Trinajstić information content (AvgIpc) is 3.16. The maximum atomic E-state index is 11.6. The van der Waals surface area contributed by atoms with Crippen molar-refractivity contribution < 1.29 is 4.79 Å².